The van der Waals surface area contributed by atoms with Crippen molar-refractivity contribution in [1.82, 2.24) is 20.3 Å². The lowest BCUT2D eigenvalue weighted by molar-refractivity contribution is -0.171. The number of nitrogens with zero attached hydrogens (tertiary/aromatic N) is 3. The first kappa shape index (κ1) is 22.2. The first-order valence-electron chi connectivity index (χ1n) is 9.72. The predicted molar refractivity (Wildman–Crippen MR) is 106 cm³/mol. The average Bonchev–Trinajstić information content (AvgIpc) is 3.16. The van der Waals surface area contributed by atoms with Crippen LogP contribution in [-0.2, 0) is 11.3 Å². The number of benzene rings is 1. The molecule has 4 N–H and O–H groups in total. The number of hydrogen-bond acceptors (Lipinski definition) is 8. The molecular formula is C20H28N4O6. The molecule has 1 saturated heterocycles. The van der Waals surface area contributed by atoms with Crippen molar-refractivity contribution >= 4 is 5.91 Å². The number of carbonyl (C=O) groups is 1. The smallest absolute Gasteiger partial charge is 0.251 e. The van der Waals surface area contributed by atoms with Crippen molar-refractivity contribution in [1.29, 1.82) is 0 Å². The van der Waals surface area contributed by atoms with E-state index in [1.165, 1.54) is 4.68 Å². The number of amides is 1. The molecule has 0 spiro atoms. The standard InChI is InChI=1S/C20H28N4O6/c1-20(2,3)21-19(28)12-5-4-6-14(7-12)29-10-13-8-24(23-22-13)15-11-30-16(9-25)18(27)17(15)26/h4-8,15-18,25-27H,9-11H2,1-3H3,(H,21,28)/t15-,16+,17+,18-/m0/s1. The van der Waals surface area contributed by atoms with Gasteiger partial charge in [0.15, 0.2) is 0 Å². The Balaban J connectivity index is 1.61. The van der Waals surface area contributed by atoms with E-state index in [2.05, 4.69) is 15.6 Å². The minimum atomic E-state index is -1.22. The van der Waals surface area contributed by atoms with Crippen LogP contribution in [0.25, 0.3) is 0 Å². The van der Waals surface area contributed by atoms with Gasteiger partial charge in [-0.3, -0.25) is 4.79 Å². The monoisotopic (exact) mass is 420 g/mol. The lowest BCUT2D eigenvalue weighted by atomic mass is 9.98. The van der Waals surface area contributed by atoms with Gasteiger partial charge in [-0.05, 0) is 39.0 Å². The third kappa shape index (κ3) is 5.33. The molecule has 3 rings (SSSR count). The lowest BCUT2D eigenvalue weighted by Crippen LogP contribution is -2.52. The molecule has 0 saturated carbocycles. The van der Waals surface area contributed by atoms with Gasteiger partial charge in [0.25, 0.3) is 5.91 Å². The molecule has 10 nitrogen and oxygen atoms in total. The zero-order valence-electron chi connectivity index (χ0n) is 17.2. The summed E-state index contributed by atoms with van der Waals surface area (Å²) >= 11 is 0. The number of rotatable bonds is 6. The summed E-state index contributed by atoms with van der Waals surface area (Å²) in [4.78, 5) is 12.3. The van der Waals surface area contributed by atoms with Gasteiger partial charge in [-0.1, -0.05) is 11.3 Å². The maximum absolute atomic E-state index is 12.3. The molecule has 0 bridgehead atoms. The van der Waals surface area contributed by atoms with Crippen LogP contribution in [0.2, 0.25) is 0 Å². The summed E-state index contributed by atoms with van der Waals surface area (Å²) in [6, 6.07) is 6.20. The fraction of sp³-hybridized carbons (Fsp3) is 0.550. The molecule has 30 heavy (non-hydrogen) atoms. The van der Waals surface area contributed by atoms with Gasteiger partial charge >= 0.3 is 0 Å². The molecule has 164 valence electrons. The van der Waals surface area contributed by atoms with Crippen LogP contribution in [0.15, 0.2) is 30.5 Å². The molecule has 1 aliphatic heterocycles. The highest BCUT2D eigenvalue weighted by atomic mass is 16.5. The quantitative estimate of drug-likeness (QED) is 0.514. The van der Waals surface area contributed by atoms with Crippen molar-refractivity contribution in [2.75, 3.05) is 13.2 Å². The zero-order valence-corrected chi connectivity index (χ0v) is 17.2. The molecule has 1 aromatic carbocycles. The van der Waals surface area contributed by atoms with Gasteiger partial charge in [0, 0.05) is 11.1 Å². The highest BCUT2D eigenvalue weighted by molar-refractivity contribution is 5.95. The van der Waals surface area contributed by atoms with Crippen LogP contribution in [0.5, 0.6) is 5.75 Å². The summed E-state index contributed by atoms with van der Waals surface area (Å²) in [6.45, 7) is 5.53. The van der Waals surface area contributed by atoms with Crippen LogP contribution in [0.4, 0.5) is 0 Å². The number of aliphatic hydroxyl groups excluding tert-OH is 3. The minimum absolute atomic E-state index is 0.0814. The number of carbonyl (C=O) groups excluding carboxylic acids is 1. The first-order chi connectivity index (χ1) is 14.2. The van der Waals surface area contributed by atoms with Gasteiger partial charge in [-0.15, -0.1) is 5.10 Å². The SMILES string of the molecule is CC(C)(C)NC(=O)c1cccc(OCc2cn([C@H]3CO[C@H](CO)[C@H](O)[C@@H]3O)nn2)c1. The van der Waals surface area contributed by atoms with Crippen molar-refractivity contribution < 1.29 is 29.6 Å². The third-order valence-electron chi connectivity index (χ3n) is 4.66. The maximum atomic E-state index is 12.3. The van der Waals surface area contributed by atoms with Gasteiger partial charge in [0.05, 0.1) is 19.4 Å². The summed E-state index contributed by atoms with van der Waals surface area (Å²) in [5, 5.41) is 40.3. The molecule has 1 amide bonds. The Morgan fingerprint density at radius 2 is 2.10 bits per heavy atom. The number of hydrogen-bond donors (Lipinski definition) is 4. The van der Waals surface area contributed by atoms with E-state index in [0.717, 1.165) is 0 Å². The largest absolute Gasteiger partial charge is 0.487 e. The number of ether oxygens (including phenoxy) is 2. The Kier molecular flexibility index (Phi) is 6.71. The normalized spacial score (nSPS) is 24.5. The average molecular weight is 420 g/mol. The van der Waals surface area contributed by atoms with Gasteiger partial charge in [0.1, 0.15) is 42.4 Å². The minimum Gasteiger partial charge on any atom is -0.487 e. The maximum Gasteiger partial charge on any atom is 0.251 e. The van der Waals surface area contributed by atoms with E-state index in [4.69, 9.17) is 14.6 Å². The molecule has 10 heteroatoms. The third-order valence-corrected chi connectivity index (χ3v) is 4.66. The summed E-state index contributed by atoms with van der Waals surface area (Å²) in [5.41, 5.74) is 0.649. The summed E-state index contributed by atoms with van der Waals surface area (Å²) in [6.07, 6.45) is -1.60. The lowest BCUT2D eigenvalue weighted by Gasteiger charge is -2.36. The van der Waals surface area contributed by atoms with E-state index < -0.39 is 24.4 Å². The van der Waals surface area contributed by atoms with Crippen molar-refractivity contribution in [2.24, 2.45) is 0 Å². The fourth-order valence-corrected chi connectivity index (χ4v) is 3.10. The number of nitrogens with one attached hydrogen (secondary N) is 1. The van der Waals surface area contributed by atoms with E-state index in [1.807, 2.05) is 20.8 Å². The predicted octanol–water partition coefficient (Wildman–Crippen LogP) is 0.0394. The molecule has 0 unspecified atom stereocenters. The zero-order chi connectivity index (χ0) is 21.9. The van der Waals surface area contributed by atoms with E-state index in [9.17, 15) is 15.0 Å². The van der Waals surface area contributed by atoms with Crippen LogP contribution < -0.4 is 10.1 Å². The topological polar surface area (TPSA) is 139 Å². The molecule has 2 aromatic rings. The van der Waals surface area contributed by atoms with Crippen molar-refractivity contribution in [3.8, 4) is 5.75 Å². The van der Waals surface area contributed by atoms with Crippen LogP contribution in [0.1, 0.15) is 42.9 Å². The van der Waals surface area contributed by atoms with Gasteiger partial charge in [-0.2, -0.15) is 0 Å². The second-order valence-corrected chi connectivity index (χ2v) is 8.31. The Hall–Kier alpha value is -2.53. The highest BCUT2D eigenvalue weighted by Crippen LogP contribution is 2.24. The molecule has 4 atom stereocenters. The Morgan fingerprint density at radius 3 is 2.80 bits per heavy atom. The van der Waals surface area contributed by atoms with Crippen LogP contribution >= 0.6 is 0 Å². The molecule has 2 heterocycles. The molecule has 0 aliphatic carbocycles. The van der Waals surface area contributed by atoms with Crippen LogP contribution in [0.3, 0.4) is 0 Å². The number of aliphatic hydroxyl groups is 3. The summed E-state index contributed by atoms with van der Waals surface area (Å²) in [7, 11) is 0. The highest BCUT2D eigenvalue weighted by Gasteiger charge is 2.39. The first-order valence-corrected chi connectivity index (χ1v) is 9.72. The molecular weight excluding hydrogens is 392 g/mol. The van der Waals surface area contributed by atoms with E-state index >= 15 is 0 Å². The van der Waals surface area contributed by atoms with Crippen molar-refractivity contribution in [3.05, 3.63) is 41.7 Å². The van der Waals surface area contributed by atoms with Crippen molar-refractivity contribution in [3.63, 3.8) is 0 Å². The molecule has 1 aliphatic rings. The van der Waals surface area contributed by atoms with Gasteiger partial charge < -0.3 is 30.1 Å². The van der Waals surface area contributed by atoms with E-state index in [1.54, 1.807) is 30.5 Å². The van der Waals surface area contributed by atoms with Crippen molar-refractivity contribution in [2.45, 2.75) is 57.3 Å². The molecule has 1 aromatic heterocycles. The Morgan fingerprint density at radius 1 is 1.33 bits per heavy atom. The Bertz CT molecular complexity index is 865. The van der Waals surface area contributed by atoms with Gasteiger partial charge in [0.2, 0.25) is 0 Å². The van der Waals surface area contributed by atoms with Gasteiger partial charge in [-0.25, -0.2) is 4.68 Å². The fourth-order valence-electron chi connectivity index (χ4n) is 3.10. The van der Waals surface area contributed by atoms with Crippen LogP contribution in [0, 0.1) is 0 Å². The van der Waals surface area contributed by atoms with E-state index in [0.29, 0.717) is 17.0 Å². The Labute approximate surface area is 174 Å². The van der Waals surface area contributed by atoms with E-state index in [-0.39, 0.29) is 31.3 Å². The number of aromatic nitrogens is 3. The summed E-state index contributed by atoms with van der Waals surface area (Å²) in [5.74, 6) is 0.318. The summed E-state index contributed by atoms with van der Waals surface area (Å²) < 4.78 is 12.5. The molecule has 1 fully saturated rings. The second-order valence-electron chi connectivity index (χ2n) is 8.31. The van der Waals surface area contributed by atoms with Crippen LogP contribution in [-0.4, -0.2) is 73.3 Å². The molecule has 0 radical (unpaired) electrons. The second kappa shape index (κ2) is 9.09.